The number of hydrazine groups is 1. The van der Waals surface area contributed by atoms with Crippen LogP contribution in [0.15, 0.2) is 35.7 Å². The number of nitrogens with zero attached hydrogens (tertiary/aromatic N) is 4. The topological polar surface area (TPSA) is 84.6 Å². The molecule has 3 heterocycles. The predicted octanol–water partition coefficient (Wildman–Crippen LogP) is 2.58. The van der Waals surface area contributed by atoms with E-state index in [4.69, 9.17) is 10.5 Å². The summed E-state index contributed by atoms with van der Waals surface area (Å²) in [4.78, 5) is 21.0. The van der Waals surface area contributed by atoms with E-state index in [1.54, 1.807) is 24.4 Å². The summed E-state index contributed by atoms with van der Waals surface area (Å²) in [5.74, 6) is 0.513. The van der Waals surface area contributed by atoms with E-state index in [-0.39, 0.29) is 0 Å². The van der Waals surface area contributed by atoms with Crippen LogP contribution in [0.5, 0.6) is 5.88 Å². The lowest BCUT2D eigenvalue weighted by Crippen LogP contribution is -2.45. The first kappa shape index (κ1) is 14.7. The highest BCUT2D eigenvalue weighted by molar-refractivity contribution is 5.90. The van der Waals surface area contributed by atoms with E-state index in [2.05, 4.69) is 9.97 Å². The number of hydrogen-bond donors (Lipinski definition) is 1. The number of anilines is 1. The first-order valence-electron chi connectivity index (χ1n) is 8.06. The van der Waals surface area contributed by atoms with Gasteiger partial charge in [0.1, 0.15) is 5.52 Å². The molecule has 0 bridgehead atoms. The number of carbonyl (C=O) groups excluding carboxylic acids is 1. The third kappa shape index (κ3) is 2.24. The standard InChI is InChI=1S/C17H19N5O2/c1-24-15-7-6-12-16(20-15)14(8-9-19-12)21-10-11-4-2-3-5-13(11)22(21)17(18)23/h6-9H,2-5,10H2,1H3,(H2,18,23). The zero-order valence-electron chi connectivity index (χ0n) is 13.5. The van der Waals surface area contributed by atoms with Gasteiger partial charge in [-0.15, -0.1) is 0 Å². The number of methoxy groups -OCH3 is 1. The van der Waals surface area contributed by atoms with Crippen LogP contribution in [0, 0.1) is 0 Å². The second kappa shape index (κ2) is 5.67. The number of hydrogen-bond acceptors (Lipinski definition) is 5. The molecule has 2 N–H and O–H groups in total. The molecule has 2 aromatic rings. The smallest absolute Gasteiger partial charge is 0.338 e. The number of fused-ring (bicyclic) bond motifs is 1. The molecule has 0 spiro atoms. The Bertz CT molecular complexity index is 848. The van der Waals surface area contributed by atoms with Gasteiger partial charge in [0.2, 0.25) is 5.88 Å². The molecule has 1 aliphatic carbocycles. The summed E-state index contributed by atoms with van der Waals surface area (Å²) in [6, 6.07) is 5.04. The Morgan fingerprint density at radius 1 is 1.25 bits per heavy atom. The average molecular weight is 325 g/mol. The normalized spacial score (nSPS) is 17.4. The monoisotopic (exact) mass is 325 g/mol. The molecule has 24 heavy (non-hydrogen) atoms. The molecule has 7 heteroatoms. The van der Waals surface area contributed by atoms with Crippen molar-refractivity contribution in [3.8, 4) is 5.88 Å². The summed E-state index contributed by atoms with van der Waals surface area (Å²) >= 11 is 0. The van der Waals surface area contributed by atoms with Crippen molar-refractivity contribution in [3.05, 3.63) is 35.7 Å². The van der Waals surface area contributed by atoms with Gasteiger partial charge in [0, 0.05) is 18.0 Å². The number of rotatable bonds is 2. The molecule has 0 saturated heterocycles. The lowest BCUT2D eigenvalue weighted by atomic mass is 9.97. The van der Waals surface area contributed by atoms with Crippen molar-refractivity contribution >= 4 is 22.8 Å². The fourth-order valence-electron chi connectivity index (χ4n) is 3.54. The zero-order valence-corrected chi connectivity index (χ0v) is 13.5. The minimum Gasteiger partial charge on any atom is -0.481 e. The number of ether oxygens (including phenoxy) is 1. The Hall–Kier alpha value is -2.83. The Morgan fingerprint density at radius 3 is 2.88 bits per heavy atom. The van der Waals surface area contributed by atoms with Crippen LogP contribution in [0.25, 0.3) is 11.0 Å². The van der Waals surface area contributed by atoms with E-state index in [9.17, 15) is 4.79 Å². The number of allylic oxidation sites excluding steroid dienone is 1. The fraction of sp³-hybridized carbons (Fsp3) is 0.353. The highest BCUT2D eigenvalue weighted by atomic mass is 16.5. The van der Waals surface area contributed by atoms with Gasteiger partial charge in [0.15, 0.2) is 0 Å². The molecule has 0 atom stereocenters. The SMILES string of the molecule is COc1ccc2nccc(N3CC4=C(CCCC4)N3C(N)=O)c2n1. The Morgan fingerprint density at radius 2 is 2.08 bits per heavy atom. The Kier molecular flexibility index (Phi) is 3.48. The van der Waals surface area contributed by atoms with Gasteiger partial charge in [-0.3, -0.25) is 9.99 Å². The molecule has 2 aromatic heterocycles. The van der Waals surface area contributed by atoms with Crippen LogP contribution in [0.2, 0.25) is 0 Å². The second-order valence-corrected chi connectivity index (χ2v) is 6.02. The van der Waals surface area contributed by atoms with E-state index >= 15 is 0 Å². The number of primary amides is 1. The van der Waals surface area contributed by atoms with Crippen molar-refractivity contribution in [1.29, 1.82) is 0 Å². The van der Waals surface area contributed by atoms with Gasteiger partial charge in [0.05, 0.1) is 24.9 Å². The maximum atomic E-state index is 12.1. The average Bonchev–Trinajstić information content (AvgIpc) is 3.00. The molecule has 1 aliphatic heterocycles. The van der Waals surface area contributed by atoms with Crippen molar-refractivity contribution in [2.45, 2.75) is 25.7 Å². The molecule has 0 unspecified atom stereocenters. The summed E-state index contributed by atoms with van der Waals surface area (Å²) in [5, 5.41) is 3.51. The molecular formula is C17H19N5O2. The number of carbonyl (C=O) groups is 1. The van der Waals surface area contributed by atoms with Gasteiger partial charge in [0.25, 0.3) is 0 Å². The minimum atomic E-state index is -0.463. The van der Waals surface area contributed by atoms with Crippen LogP contribution >= 0.6 is 0 Å². The van der Waals surface area contributed by atoms with E-state index < -0.39 is 6.03 Å². The third-order valence-electron chi connectivity index (χ3n) is 4.62. The van der Waals surface area contributed by atoms with Crippen molar-refractivity contribution in [2.75, 3.05) is 18.7 Å². The molecule has 2 amide bonds. The maximum absolute atomic E-state index is 12.1. The first-order chi connectivity index (χ1) is 11.7. The van der Waals surface area contributed by atoms with Crippen molar-refractivity contribution in [1.82, 2.24) is 15.0 Å². The largest absolute Gasteiger partial charge is 0.481 e. The molecule has 0 saturated carbocycles. The quantitative estimate of drug-likeness (QED) is 0.917. The Balaban J connectivity index is 1.83. The molecular weight excluding hydrogens is 306 g/mol. The molecule has 0 aromatic carbocycles. The van der Waals surface area contributed by atoms with Crippen LogP contribution in [0.1, 0.15) is 25.7 Å². The highest BCUT2D eigenvalue weighted by Gasteiger charge is 2.35. The van der Waals surface area contributed by atoms with E-state index in [1.807, 2.05) is 17.1 Å². The molecule has 124 valence electrons. The first-order valence-corrected chi connectivity index (χ1v) is 8.06. The van der Waals surface area contributed by atoms with Gasteiger partial charge < -0.3 is 10.5 Å². The lowest BCUT2D eigenvalue weighted by molar-refractivity contribution is 0.219. The van der Waals surface area contributed by atoms with Gasteiger partial charge in [-0.05, 0) is 43.4 Å². The molecule has 2 aliphatic rings. The van der Waals surface area contributed by atoms with Crippen molar-refractivity contribution in [3.63, 3.8) is 0 Å². The second-order valence-electron chi connectivity index (χ2n) is 6.02. The number of nitrogens with two attached hydrogens (primary N) is 1. The van der Waals surface area contributed by atoms with Crippen LogP contribution < -0.4 is 15.5 Å². The van der Waals surface area contributed by atoms with E-state index in [0.717, 1.165) is 42.6 Å². The number of pyridine rings is 2. The summed E-state index contributed by atoms with van der Waals surface area (Å²) in [5.41, 5.74) is 10.3. The fourth-order valence-corrected chi connectivity index (χ4v) is 3.54. The van der Waals surface area contributed by atoms with Crippen LogP contribution in [0.4, 0.5) is 10.5 Å². The van der Waals surface area contributed by atoms with Gasteiger partial charge in [-0.2, -0.15) is 0 Å². The summed E-state index contributed by atoms with van der Waals surface area (Å²) in [6.45, 7) is 0.663. The van der Waals surface area contributed by atoms with Crippen LogP contribution in [-0.4, -0.2) is 34.7 Å². The highest BCUT2D eigenvalue weighted by Crippen LogP contribution is 2.38. The molecule has 4 rings (SSSR count). The number of amides is 2. The van der Waals surface area contributed by atoms with Crippen molar-refractivity contribution in [2.24, 2.45) is 5.73 Å². The van der Waals surface area contributed by atoms with Crippen LogP contribution in [0.3, 0.4) is 0 Å². The molecule has 0 radical (unpaired) electrons. The minimum absolute atomic E-state index is 0.463. The summed E-state index contributed by atoms with van der Waals surface area (Å²) < 4.78 is 5.24. The predicted molar refractivity (Wildman–Crippen MR) is 90.4 cm³/mol. The number of urea groups is 1. The van der Waals surface area contributed by atoms with Crippen LogP contribution in [-0.2, 0) is 0 Å². The number of aromatic nitrogens is 2. The van der Waals surface area contributed by atoms with Gasteiger partial charge in [-0.25, -0.2) is 14.8 Å². The van der Waals surface area contributed by atoms with E-state index in [0.29, 0.717) is 17.9 Å². The third-order valence-corrected chi connectivity index (χ3v) is 4.62. The zero-order chi connectivity index (χ0) is 16.7. The maximum Gasteiger partial charge on any atom is 0.338 e. The molecule has 7 nitrogen and oxygen atoms in total. The lowest BCUT2D eigenvalue weighted by Gasteiger charge is -2.31. The van der Waals surface area contributed by atoms with Gasteiger partial charge in [-0.1, -0.05) is 0 Å². The van der Waals surface area contributed by atoms with E-state index in [1.165, 1.54) is 5.57 Å². The Labute approximate surface area is 139 Å². The summed E-state index contributed by atoms with van der Waals surface area (Å²) in [6.07, 6.45) is 5.86. The molecule has 0 fully saturated rings. The summed E-state index contributed by atoms with van der Waals surface area (Å²) in [7, 11) is 1.58. The van der Waals surface area contributed by atoms with Gasteiger partial charge >= 0.3 is 6.03 Å². The van der Waals surface area contributed by atoms with Crippen molar-refractivity contribution < 1.29 is 9.53 Å².